The van der Waals surface area contributed by atoms with Crippen molar-refractivity contribution in [2.75, 3.05) is 11.9 Å². The van der Waals surface area contributed by atoms with Gasteiger partial charge >= 0.3 is 0 Å². The maximum Gasteiger partial charge on any atom is 0.228 e. The van der Waals surface area contributed by atoms with Crippen LogP contribution in [0.2, 0.25) is 0 Å². The van der Waals surface area contributed by atoms with Crippen LogP contribution in [0.5, 0.6) is 5.75 Å². The first-order valence-corrected chi connectivity index (χ1v) is 5.44. The number of carbonyl (C=O) groups excluding carboxylic acids is 2. The minimum atomic E-state index is -0.174. The summed E-state index contributed by atoms with van der Waals surface area (Å²) in [6.07, 6.45) is 0.127. The van der Waals surface area contributed by atoms with Crippen molar-refractivity contribution in [1.29, 1.82) is 0 Å². The van der Waals surface area contributed by atoms with Crippen LogP contribution in [0.3, 0.4) is 0 Å². The van der Waals surface area contributed by atoms with Crippen LogP contribution < -0.4 is 15.8 Å². The second-order valence-electron chi connectivity index (χ2n) is 4.02. The number of anilines is 1. The van der Waals surface area contributed by atoms with Crippen molar-refractivity contribution in [3.8, 4) is 5.75 Å². The van der Waals surface area contributed by atoms with E-state index in [9.17, 15) is 9.59 Å². The van der Waals surface area contributed by atoms with Crippen molar-refractivity contribution in [3.63, 3.8) is 0 Å². The van der Waals surface area contributed by atoms with E-state index in [2.05, 4.69) is 5.32 Å². The molecular formula is C12H14N2O3. The normalized spacial score (nSPS) is 18.7. The van der Waals surface area contributed by atoms with Crippen molar-refractivity contribution >= 4 is 17.4 Å². The van der Waals surface area contributed by atoms with Crippen molar-refractivity contribution in [3.05, 3.63) is 23.8 Å². The Morgan fingerprint density at radius 1 is 1.59 bits per heavy atom. The van der Waals surface area contributed by atoms with Crippen LogP contribution in [-0.4, -0.2) is 24.3 Å². The number of Topliss-reactive ketones (excluding diaryl/α,β-unsaturated/α-hetero) is 1. The predicted molar refractivity (Wildman–Crippen MR) is 63.2 cm³/mol. The van der Waals surface area contributed by atoms with Crippen LogP contribution in [0.1, 0.15) is 23.7 Å². The Labute approximate surface area is 98.9 Å². The van der Waals surface area contributed by atoms with Gasteiger partial charge in [-0.1, -0.05) is 0 Å². The number of fused-ring (bicyclic) bond motifs is 1. The molecule has 0 aliphatic carbocycles. The Balaban J connectivity index is 2.38. The van der Waals surface area contributed by atoms with Gasteiger partial charge in [-0.2, -0.15) is 0 Å². The molecule has 2 rings (SSSR count). The number of hydrogen-bond acceptors (Lipinski definition) is 4. The first-order valence-electron chi connectivity index (χ1n) is 5.44. The van der Waals surface area contributed by atoms with Crippen LogP contribution >= 0.6 is 0 Å². The summed E-state index contributed by atoms with van der Waals surface area (Å²) < 4.78 is 5.57. The third-order valence-corrected chi connectivity index (χ3v) is 2.56. The van der Waals surface area contributed by atoms with Gasteiger partial charge in [-0.15, -0.1) is 0 Å². The highest BCUT2D eigenvalue weighted by Crippen LogP contribution is 2.29. The van der Waals surface area contributed by atoms with Gasteiger partial charge in [0.15, 0.2) is 5.78 Å². The second kappa shape index (κ2) is 4.55. The van der Waals surface area contributed by atoms with Gasteiger partial charge in [0.25, 0.3) is 0 Å². The van der Waals surface area contributed by atoms with Crippen molar-refractivity contribution in [2.45, 2.75) is 19.4 Å². The Kier molecular flexibility index (Phi) is 3.10. The second-order valence-corrected chi connectivity index (χ2v) is 4.02. The molecule has 0 radical (unpaired) electrons. The molecule has 0 aromatic heterocycles. The van der Waals surface area contributed by atoms with Crippen LogP contribution in [0, 0.1) is 0 Å². The van der Waals surface area contributed by atoms with Crippen molar-refractivity contribution < 1.29 is 14.3 Å². The molecule has 1 aliphatic rings. The van der Waals surface area contributed by atoms with E-state index < -0.39 is 0 Å². The fraction of sp³-hybridized carbons (Fsp3) is 0.333. The molecular weight excluding hydrogens is 220 g/mol. The van der Waals surface area contributed by atoms with Gasteiger partial charge in [0.2, 0.25) is 5.91 Å². The molecule has 1 aromatic rings. The number of ketones is 1. The minimum Gasteiger partial charge on any atom is -0.488 e. The highest BCUT2D eigenvalue weighted by molar-refractivity contribution is 6.00. The molecule has 90 valence electrons. The zero-order valence-electron chi connectivity index (χ0n) is 9.53. The van der Waals surface area contributed by atoms with E-state index in [-0.39, 0.29) is 24.3 Å². The lowest BCUT2D eigenvalue weighted by atomic mass is 10.1. The van der Waals surface area contributed by atoms with Crippen LogP contribution in [0.25, 0.3) is 0 Å². The molecule has 1 heterocycles. The molecule has 0 saturated heterocycles. The number of rotatable bonds is 2. The van der Waals surface area contributed by atoms with Crippen molar-refractivity contribution in [1.82, 2.24) is 0 Å². The number of carbonyl (C=O) groups is 2. The Morgan fingerprint density at radius 3 is 3.06 bits per heavy atom. The first-order chi connectivity index (χ1) is 8.10. The zero-order chi connectivity index (χ0) is 12.4. The quantitative estimate of drug-likeness (QED) is 0.746. The molecule has 5 nitrogen and oxygen atoms in total. The fourth-order valence-corrected chi connectivity index (χ4v) is 1.74. The summed E-state index contributed by atoms with van der Waals surface area (Å²) in [5.74, 6) is 0.296. The monoisotopic (exact) mass is 234 g/mol. The standard InChI is InChI=1S/C12H14N2O3/c1-7-4-12(16)14-9-5-8(10(15)6-13)2-3-11(9)17-7/h2-3,5,7H,4,6,13H2,1H3,(H,14,16). The van der Waals surface area contributed by atoms with Gasteiger partial charge in [-0.3, -0.25) is 9.59 Å². The summed E-state index contributed by atoms with van der Waals surface area (Å²) in [6.45, 7) is 1.78. The number of nitrogens with one attached hydrogen (secondary N) is 1. The highest BCUT2D eigenvalue weighted by atomic mass is 16.5. The molecule has 1 aliphatic heterocycles. The largest absolute Gasteiger partial charge is 0.488 e. The lowest BCUT2D eigenvalue weighted by Crippen LogP contribution is -2.17. The van der Waals surface area contributed by atoms with Gasteiger partial charge in [0.1, 0.15) is 11.9 Å². The van der Waals surface area contributed by atoms with Crippen LogP contribution in [-0.2, 0) is 4.79 Å². The van der Waals surface area contributed by atoms with E-state index in [1.54, 1.807) is 18.2 Å². The number of amides is 1. The molecule has 5 heteroatoms. The Bertz CT molecular complexity index is 471. The number of ether oxygens (including phenoxy) is 1. The van der Waals surface area contributed by atoms with Crippen LogP contribution in [0.4, 0.5) is 5.69 Å². The zero-order valence-corrected chi connectivity index (χ0v) is 9.53. The van der Waals surface area contributed by atoms with E-state index in [0.29, 0.717) is 23.4 Å². The molecule has 0 spiro atoms. The number of hydrogen-bond donors (Lipinski definition) is 2. The maximum atomic E-state index is 11.5. The molecule has 1 unspecified atom stereocenters. The molecule has 17 heavy (non-hydrogen) atoms. The molecule has 1 amide bonds. The molecule has 0 fully saturated rings. The summed E-state index contributed by atoms with van der Waals surface area (Å²) in [5, 5.41) is 2.72. The third kappa shape index (κ3) is 2.45. The van der Waals surface area contributed by atoms with Crippen LogP contribution in [0.15, 0.2) is 18.2 Å². The van der Waals surface area contributed by atoms with E-state index in [4.69, 9.17) is 10.5 Å². The third-order valence-electron chi connectivity index (χ3n) is 2.56. The van der Waals surface area contributed by atoms with Gasteiger partial charge in [-0.25, -0.2) is 0 Å². The summed E-state index contributed by atoms with van der Waals surface area (Å²) in [6, 6.07) is 4.93. The summed E-state index contributed by atoms with van der Waals surface area (Å²) in [4.78, 5) is 23.0. The predicted octanol–water partition coefficient (Wildman–Crippen LogP) is 0.938. The smallest absolute Gasteiger partial charge is 0.228 e. The maximum absolute atomic E-state index is 11.5. The average molecular weight is 234 g/mol. The Morgan fingerprint density at radius 2 is 2.35 bits per heavy atom. The van der Waals surface area contributed by atoms with Crippen molar-refractivity contribution in [2.24, 2.45) is 5.73 Å². The molecule has 1 atom stereocenters. The fourth-order valence-electron chi connectivity index (χ4n) is 1.74. The number of benzene rings is 1. The summed E-state index contributed by atoms with van der Waals surface area (Å²) in [7, 11) is 0. The summed E-state index contributed by atoms with van der Waals surface area (Å²) >= 11 is 0. The van der Waals surface area contributed by atoms with Gasteiger partial charge in [0, 0.05) is 5.56 Å². The molecule has 3 N–H and O–H groups in total. The topological polar surface area (TPSA) is 81.4 Å². The number of nitrogens with two attached hydrogens (primary N) is 1. The van der Waals surface area contributed by atoms with Gasteiger partial charge < -0.3 is 15.8 Å². The Hall–Kier alpha value is -1.88. The molecule has 0 bridgehead atoms. The van der Waals surface area contributed by atoms with E-state index in [1.807, 2.05) is 6.92 Å². The summed E-state index contributed by atoms with van der Waals surface area (Å²) in [5.41, 5.74) is 6.30. The molecule has 0 saturated carbocycles. The lowest BCUT2D eigenvalue weighted by molar-refractivity contribution is -0.117. The molecule has 1 aromatic carbocycles. The van der Waals surface area contributed by atoms with E-state index in [1.165, 1.54) is 0 Å². The highest BCUT2D eigenvalue weighted by Gasteiger charge is 2.20. The van der Waals surface area contributed by atoms with Gasteiger partial charge in [0.05, 0.1) is 18.7 Å². The average Bonchev–Trinajstić information content (AvgIpc) is 2.43. The minimum absolute atomic E-state index is 0.0516. The first kappa shape index (κ1) is 11.6. The van der Waals surface area contributed by atoms with E-state index >= 15 is 0 Å². The van der Waals surface area contributed by atoms with Gasteiger partial charge in [-0.05, 0) is 25.1 Å². The SMILES string of the molecule is CC1CC(=O)Nc2cc(C(=O)CN)ccc2O1. The van der Waals surface area contributed by atoms with E-state index in [0.717, 1.165) is 0 Å². The lowest BCUT2D eigenvalue weighted by Gasteiger charge is -2.11.